The van der Waals surface area contributed by atoms with E-state index in [1.165, 1.54) is 12.1 Å². The minimum Gasteiger partial charge on any atom is -0.336 e. The van der Waals surface area contributed by atoms with E-state index in [0.29, 0.717) is 11.6 Å². The van der Waals surface area contributed by atoms with Crippen LogP contribution in [0.2, 0.25) is 0 Å². The number of rotatable bonds is 1. The fraction of sp³-hybridized carbons (Fsp3) is 0.182. The number of likely N-dealkylation sites (N-methyl/N-ethyl adjacent to an activating group) is 1. The lowest BCUT2D eigenvalue weighted by molar-refractivity contribution is -0.118. The Morgan fingerprint density at radius 2 is 2.39 bits per heavy atom. The van der Waals surface area contributed by atoms with Crippen molar-refractivity contribution in [2.75, 3.05) is 18.9 Å². The molecule has 1 aliphatic rings. The summed E-state index contributed by atoms with van der Waals surface area (Å²) in [6.07, 6.45) is 0. The van der Waals surface area contributed by atoms with Gasteiger partial charge in [0.05, 0.1) is 6.54 Å². The molecule has 0 saturated carbocycles. The molecule has 2 rings (SSSR count). The number of anilines is 1. The van der Waals surface area contributed by atoms with Crippen molar-refractivity contribution in [2.24, 2.45) is 4.99 Å². The minimum absolute atomic E-state index is 0.134. The van der Waals surface area contributed by atoms with Gasteiger partial charge in [0.15, 0.2) is 0 Å². The lowest BCUT2D eigenvalue weighted by Crippen LogP contribution is -2.29. The van der Waals surface area contributed by atoms with Crippen LogP contribution in [-0.2, 0) is 4.79 Å². The van der Waals surface area contributed by atoms with E-state index in [4.69, 9.17) is 12.2 Å². The highest BCUT2D eigenvalue weighted by Crippen LogP contribution is 2.09. The van der Waals surface area contributed by atoms with Crippen LogP contribution in [-0.4, -0.2) is 35.5 Å². The molecule has 1 amide bonds. The van der Waals surface area contributed by atoms with Crippen LogP contribution >= 0.6 is 12.2 Å². The number of benzene rings is 1. The highest BCUT2D eigenvalue weighted by atomic mass is 32.1. The van der Waals surface area contributed by atoms with Gasteiger partial charge in [0.2, 0.25) is 17.0 Å². The maximum absolute atomic E-state index is 13.0. The van der Waals surface area contributed by atoms with Gasteiger partial charge in [0.1, 0.15) is 5.82 Å². The number of hydrogen-bond acceptors (Lipinski definition) is 2. The van der Waals surface area contributed by atoms with Crippen molar-refractivity contribution < 1.29 is 9.18 Å². The third-order valence-electron chi connectivity index (χ3n) is 2.28. The summed E-state index contributed by atoms with van der Waals surface area (Å²) in [6.45, 7) is 0.251. The van der Waals surface area contributed by atoms with Gasteiger partial charge in [-0.3, -0.25) is 10.1 Å². The van der Waals surface area contributed by atoms with Gasteiger partial charge >= 0.3 is 0 Å². The van der Waals surface area contributed by atoms with Crippen LogP contribution in [0.15, 0.2) is 29.3 Å². The number of nitrogens with zero attached hydrogens (tertiary/aromatic N) is 2. The summed E-state index contributed by atoms with van der Waals surface area (Å²) < 4.78 is 13.0. The molecule has 1 aliphatic heterocycles. The number of halogens is 1. The second-order valence-electron chi connectivity index (χ2n) is 3.78. The second kappa shape index (κ2) is 5.09. The first-order chi connectivity index (χ1) is 8.54. The van der Waals surface area contributed by atoms with Crippen LogP contribution in [0.25, 0.3) is 0 Å². The first-order valence-electron chi connectivity index (χ1n) is 5.21. The zero-order valence-corrected chi connectivity index (χ0v) is 10.4. The van der Waals surface area contributed by atoms with Crippen molar-refractivity contribution in [1.82, 2.24) is 10.2 Å². The van der Waals surface area contributed by atoms with Gasteiger partial charge in [0.25, 0.3) is 0 Å². The predicted molar refractivity (Wildman–Crippen MR) is 70.8 cm³/mol. The minimum atomic E-state index is -0.359. The highest BCUT2D eigenvalue weighted by molar-refractivity contribution is 7.80. The van der Waals surface area contributed by atoms with Gasteiger partial charge in [-0.25, -0.2) is 4.39 Å². The molecule has 0 atom stereocenters. The fourth-order valence-corrected chi connectivity index (χ4v) is 1.68. The Hall–Kier alpha value is -2.02. The maximum Gasteiger partial charge on any atom is 0.246 e. The molecule has 0 aromatic heterocycles. The first-order valence-corrected chi connectivity index (χ1v) is 5.61. The largest absolute Gasteiger partial charge is 0.336 e. The number of aliphatic imine (C=N–C) groups is 1. The van der Waals surface area contributed by atoms with E-state index in [-0.39, 0.29) is 23.4 Å². The maximum atomic E-state index is 13.0. The zero-order valence-electron chi connectivity index (χ0n) is 9.61. The number of carbonyl (C=O) groups excluding carboxylic acids is 1. The van der Waals surface area contributed by atoms with Gasteiger partial charge in [0, 0.05) is 12.7 Å². The van der Waals surface area contributed by atoms with E-state index in [1.54, 1.807) is 24.1 Å². The summed E-state index contributed by atoms with van der Waals surface area (Å²) in [5.41, 5.74) is 0.510. The van der Waals surface area contributed by atoms with Gasteiger partial charge in [-0.15, -0.1) is 0 Å². The number of thiocarbonyl (C=S) groups is 1. The normalized spacial score (nSPS) is 16.9. The van der Waals surface area contributed by atoms with Crippen molar-refractivity contribution >= 4 is 34.9 Å². The molecule has 1 aromatic rings. The molecule has 5 nitrogen and oxygen atoms in total. The van der Waals surface area contributed by atoms with Crippen molar-refractivity contribution in [3.63, 3.8) is 0 Å². The average molecular weight is 266 g/mol. The summed E-state index contributed by atoms with van der Waals surface area (Å²) in [5.74, 6) is -0.111. The summed E-state index contributed by atoms with van der Waals surface area (Å²) in [7, 11) is 1.72. The van der Waals surface area contributed by atoms with Crippen LogP contribution in [0, 0.1) is 5.82 Å². The molecule has 1 saturated heterocycles. The Labute approximate surface area is 109 Å². The Balaban J connectivity index is 2.05. The van der Waals surface area contributed by atoms with Crippen LogP contribution in [0.3, 0.4) is 0 Å². The number of hydrogen-bond donors (Lipinski definition) is 2. The van der Waals surface area contributed by atoms with Gasteiger partial charge in [-0.2, -0.15) is 4.99 Å². The summed E-state index contributed by atoms with van der Waals surface area (Å²) >= 11 is 5.01. The fourth-order valence-electron chi connectivity index (χ4n) is 1.48. The monoisotopic (exact) mass is 266 g/mol. The van der Waals surface area contributed by atoms with Crippen LogP contribution in [0.4, 0.5) is 10.1 Å². The average Bonchev–Trinajstić information content (AvgIpc) is 2.57. The molecule has 94 valence electrons. The standard InChI is InChI=1S/C11H11FN4OS/c1-16-6-9(17)14-10(16)15-11(18)13-8-4-2-3-7(12)5-8/h2-5H,6H2,1H3,(H2,13,14,15,17,18). The number of nitrogens with one attached hydrogen (secondary N) is 2. The smallest absolute Gasteiger partial charge is 0.246 e. The van der Waals surface area contributed by atoms with E-state index in [1.807, 2.05) is 0 Å². The van der Waals surface area contributed by atoms with Crippen molar-refractivity contribution in [2.45, 2.75) is 0 Å². The van der Waals surface area contributed by atoms with E-state index >= 15 is 0 Å². The first kappa shape index (κ1) is 12.4. The third-order valence-corrected chi connectivity index (χ3v) is 2.47. The summed E-state index contributed by atoms with van der Waals surface area (Å²) in [4.78, 5) is 16.8. The van der Waals surface area contributed by atoms with E-state index in [0.717, 1.165) is 0 Å². The molecule has 0 spiro atoms. The Morgan fingerprint density at radius 3 is 3.00 bits per heavy atom. The topological polar surface area (TPSA) is 56.7 Å². The molecule has 1 heterocycles. The third kappa shape index (κ3) is 3.01. The van der Waals surface area contributed by atoms with Crippen molar-refractivity contribution in [1.29, 1.82) is 0 Å². The molecule has 1 fully saturated rings. The van der Waals surface area contributed by atoms with E-state index < -0.39 is 0 Å². The second-order valence-corrected chi connectivity index (χ2v) is 4.17. The van der Waals surface area contributed by atoms with Crippen LogP contribution < -0.4 is 10.6 Å². The van der Waals surface area contributed by atoms with Crippen LogP contribution in [0.1, 0.15) is 0 Å². The number of amides is 1. The Morgan fingerprint density at radius 1 is 1.61 bits per heavy atom. The van der Waals surface area contributed by atoms with Gasteiger partial charge in [-0.1, -0.05) is 6.07 Å². The lowest BCUT2D eigenvalue weighted by atomic mass is 10.3. The summed E-state index contributed by atoms with van der Waals surface area (Å²) in [5, 5.41) is 5.50. The molecular weight excluding hydrogens is 255 g/mol. The van der Waals surface area contributed by atoms with Gasteiger partial charge < -0.3 is 10.2 Å². The molecule has 2 N–H and O–H groups in total. The molecule has 0 bridgehead atoms. The Kier molecular flexibility index (Phi) is 3.52. The van der Waals surface area contributed by atoms with Gasteiger partial charge in [-0.05, 0) is 30.4 Å². The quantitative estimate of drug-likeness (QED) is 0.743. The molecule has 0 aliphatic carbocycles. The predicted octanol–water partition coefficient (Wildman–Crippen LogP) is 0.940. The molecular formula is C11H11FN4OS. The molecule has 0 radical (unpaired) electrons. The number of carbonyl (C=O) groups is 1. The van der Waals surface area contributed by atoms with Crippen molar-refractivity contribution in [3.8, 4) is 0 Å². The molecule has 0 unspecified atom stereocenters. The summed E-state index contributed by atoms with van der Waals surface area (Å²) in [6, 6.07) is 5.89. The van der Waals surface area contributed by atoms with E-state index in [2.05, 4.69) is 15.6 Å². The lowest BCUT2D eigenvalue weighted by Gasteiger charge is -2.09. The highest BCUT2D eigenvalue weighted by Gasteiger charge is 2.21. The zero-order chi connectivity index (χ0) is 13.1. The van der Waals surface area contributed by atoms with Crippen molar-refractivity contribution in [3.05, 3.63) is 30.1 Å². The molecule has 1 aromatic carbocycles. The molecule has 7 heteroatoms. The number of guanidine groups is 1. The van der Waals surface area contributed by atoms with Crippen LogP contribution in [0.5, 0.6) is 0 Å². The SMILES string of the molecule is CN1CC(=O)N/C1=N/C(=S)Nc1cccc(F)c1. The Bertz CT molecular complexity index is 532. The molecule has 18 heavy (non-hydrogen) atoms. The van der Waals surface area contributed by atoms with E-state index in [9.17, 15) is 9.18 Å².